The molecule has 0 spiro atoms. The highest BCUT2D eigenvalue weighted by Gasteiger charge is 2.04. The number of fused-ring (bicyclic) bond motifs is 1. The summed E-state index contributed by atoms with van der Waals surface area (Å²) in [7, 11) is 5.75. The van der Waals surface area contributed by atoms with Gasteiger partial charge in [-0.25, -0.2) is 9.97 Å². The van der Waals surface area contributed by atoms with Crippen molar-refractivity contribution in [1.82, 2.24) is 19.5 Å². The number of nitrogens with zero attached hydrogens (tertiary/aromatic N) is 5. The number of rotatable bonds is 1. The highest BCUT2D eigenvalue weighted by molar-refractivity contribution is 5.70. The van der Waals surface area contributed by atoms with Gasteiger partial charge in [-0.2, -0.15) is 4.98 Å². The lowest BCUT2D eigenvalue weighted by Gasteiger charge is -2.08. The third kappa shape index (κ3) is 1.22. The van der Waals surface area contributed by atoms with E-state index in [1.165, 1.54) is 0 Å². The molecule has 13 heavy (non-hydrogen) atoms. The molecule has 0 aromatic carbocycles. The van der Waals surface area contributed by atoms with Gasteiger partial charge in [0.25, 0.3) is 0 Å². The zero-order valence-electron chi connectivity index (χ0n) is 7.89. The molecule has 68 valence electrons. The molecule has 2 aromatic rings. The summed E-state index contributed by atoms with van der Waals surface area (Å²) < 4.78 is 1.88. The van der Waals surface area contributed by atoms with E-state index in [4.69, 9.17) is 0 Å². The summed E-state index contributed by atoms with van der Waals surface area (Å²) in [6.07, 6.45) is 3.47. The average molecular weight is 177 g/mol. The molecular weight excluding hydrogens is 166 g/mol. The molecule has 0 atom stereocenters. The minimum Gasteiger partial charge on any atom is -0.347 e. The molecule has 2 heterocycles. The van der Waals surface area contributed by atoms with Crippen LogP contribution in [0.25, 0.3) is 11.2 Å². The summed E-state index contributed by atoms with van der Waals surface area (Å²) in [4.78, 5) is 14.5. The van der Waals surface area contributed by atoms with Crippen LogP contribution in [-0.4, -0.2) is 33.6 Å². The highest BCUT2D eigenvalue weighted by Crippen LogP contribution is 2.10. The van der Waals surface area contributed by atoms with Crippen LogP contribution < -0.4 is 4.90 Å². The van der Waals surface area contributed by atoms with E-state index in [0.717, 1.165) is 11.2 Å². The maximum Gasteiger partial charge on any atom is 0.226 e. The maximum absolute atomic E-state index is 4.35. The van der Waals surface area contributed by atoms with E-state index in [-0.39, 0.29) is 0 Å². The molecule has 0 saturated carbocycles. The molecule has 0 saturated heterocycles. The van der Waals surface area contributed by atoms with E-state index in [2.05, 4.69) is 15.0 Å². The van der Waals surface area contributed by atoms with Gasteiger partial charge in [-0.3, -0.25) is 0 Å². The molecule has 0 fully saturated rings. The molecule has 0 N–H and O–H groups in total. The number of hydrogen-bond acceptors (Lipinski definition) is 4. The average Bonchev–Trinajstić information content (AvgIpc) is 2.47. The van der Waals surface area contributed by atoms with Crippen molar-refractivity contribution in [3.05, 3.63) is 12.5 Å². The molecular formula is C8H11N5. The Labute approximate surface area is 76.0 Å². The number of anilines is 1. The molecule has 0 bridgehead atoms. The zero-order valence-corrected chi connectivity index (χ0v) is 7.89. The Bertz CT molecular complexity index is 431. The van der Waals surface area contributed by atoms with E-state index < -0.39 is 0 Å². The van der Waals surface area contributed by atoms with Crippen molar-refractivity contribution in [3.63, 3.8) is 0 Å². The van der Waals surface area contributed by atoms with E-state index in [1.807, 2.05) is 30.6 Å². The monoisotopic (exact) mass is 177 g/mol. The first-order valence-corrected chi connectivity index (χ1v) is 4.00. The van der Waals surface area contributed by atoms with Crippen molar-refractivity contribution in [3.8, 4) is 0 Å². The van der Waals surface area contributed by atoms with Gasteiger partial charge in [0.05, 0.1) is 12.5 Å². The minimum atomic E-state index is 0.705. The summed E-state index contributed by atoms with van der Waals surface area (Å²) in [5, 5.41) is 0. The summed E-state index contributed by atoms with van der Waals surface area (Å²) in [5.41, 5.74) is 1.69. The fourth-order valence-electron chi connectivity index (χ4n) is 1.13. The van der Waals surface area contributed by atoms with Crippen LogP contribution in [0, 0.1) is 0 Å². The molecule has 0 unspecified atom stereocenters. The smallest absolute Gasteiger partial charge is 0.226 e. The fourth-order valence-corrected chi connectivity index (χ4v) is 1.13. The number of aryl methyl sites for hydroxylation is 1. The van der Waals surface area contributed by atoms with Crippen LogP contribution in [-0.2, 0) is 7.05 Å². The second kappa shape index (κ2) is 2.69. The predicted octanol–water partition coefficient (Wildman–Crippen LogP) is 0.429. The Morgan fingerprint density at radius 3 is 2.77 bits per heavy atom. The van der Waals surface area contributed by atoms with Crippen molar-refractivity contribution in [2.24, 2.45) is 7.05 Å². The summed E-state index contributed by atoms with van der Waals surface area (Å²) in [5.74, 6) is 0.705. The second-order valence-corrected chi connectivity index (χ2v) is 3.13. The molecule has 0 radical (unpaired) electrons. The summed E-state index contributed by atoms with van der Waals surface area (Å²) >= 11 is 0. The van der Waals surface area contributed by atoms with Crippen molar-refractivity contribution >= 4 is 17.1 Å². The van der Waals surface area contributed by atoms with Crippen LogP contribution in [0.15, 0.2) is 12.5 Å². The minimum absolute atomic E-state index is 0.705. The third-order valence-corrected chi connectivity index (χ3v) is 1.84. The molecule has 0 aliphatic carbocycles. The number of aromatic nitrogens is 4. The van der Waals surface area contributed by atoms with Crippen LogP contribution in [0.4, 0.5) is 5.95 Å². The van der Waals surface area contributed by atoms with Crippen LogP contribution >= 0.6 is 0 Å². The first kappa shape index (κ1) is 7.97. The van der Waals surface area contributed by atoms with Crippen molar-refractivity contribution in [2.45, 2.75) is 0 Å². The van der Waals surface area contributed by atoms with Gasteiger partial charge in [-0.1, -0.05) is 0 Å². The van der Waals surface area contributed by atoms with E-state index >= 15 is 0 Å². The van der Waals surface area contributed by atoms with Gasteiger partial charge in [0.2, 0.25) is 5.95 Å². The van der Waals surface area contributed by atoms with Crippen molar-refractivity contribution < 1.29 is 0 Å². The van der Waals surface area contributed by atoms with Gasteiger partial charge in [0.15, 0.2) is 5.65 Å². The number of hydrogen-bond donors (Lipinski definition) is 0. The van der Waals surface area contributed by atoms with Crippen LogP contribution in [0.2, 0.25) is 0 Å². The Kier molecular flexibility index (Phi) is 1.65. The van der Waals surface area contributed by atoms with Crippen LogP contribution in [0.3, 0.4) is 0 Å². The second-order valence-electron chi connectivity index (χ2n) is 3.13. The van der Waals surface area contributed by atoms with E-state index in [1.54, 1.807) is 12.5 Å². The Balaban J connectivity index is 2.66. The van der Waals surface area contributed by atoms with E-state index in [0.29, 0.717) is 5.95 Å². The molecule has 0 aliphatic heterocycles. The number of imidazole rings is 1. The highest BCUT2D eigenvalue weighted by atomic mass is 15.2. The lowest BCUT2D eigenvalue weighted by atomic mass is 10.5. The lowest BCUT2D eigenvalue weighted by Crippen LogP contribution is -2.12. The normalized spacial score (nSPS) is 10.7. The van der Waals surface area contributed by atoms with Gasteiger partial charge in [0.1, 0.15) is 5.52 Å². The third-order valence-electron chi connectivity index (χ3n) is 1.84. The van der Waals surface area contributed by atoms with Crippen LogP contribution in [0.1, 0.15) is 0 Å². The van der Waals surface area contributed by atoms with Gasteiger partial charge in [-0.15, -0.1) is 0 Å². The predicted molar refractivity (Wildman–Crippen MR) is 50.6 cm³/mol. The first-order chi connectivity index (χ1) is 6.18. The Hall–Kier alpha value is -1.65. The standard InChI is InChI=1S/C8H11N5/c1-12(2)8-9-4-6-7(11-8)13(3)5-10-6/h4-5H,1-3H3. The van der Waals surface area contributed by atoms with E-state index in [9.17, 15) is 0 Å². The molecule has 2 rings (SSSR count). The summed E-state index contributed by atoms with van der Waals surface area (Å²) in [6.45, 7) is 0. The fraction of sp³-hybridized carbons (Fsp3) is 0.375. The van der Waals surface area contributed by atoms with Crippen LogP contribution in [0.5, 0.6) is 0 Å². The van der Waals surface area contributed by atoms with Gasteiger partial charge in [-0.05, 0) is 0 Å². The largest absolute Gasteiger partial charge is 0.347 e. The maximum atomic E-state index is 4.35. The first-order valence-electron chi connectivity index (χ1n) is 4.00. The summed E-state index contributed by atoms with van der Waals surface area (Å²) in [6, 6.07) is 0. The van der Waals surface area contributed by atoms with Crippen molar-refractivity contribution in [2.75, 3.05) is 19.0 Å². The molecule has 0 amide bonds. The van der Waals surface area contributed by atoms with Crippen molar-refractivity contribution in [1.29, 1.82) is 0 Å². The molecule has 5 nitrogen and oxygen atoms in total. The Morgan fingerprint density at radius 2 is 2.08 bits per heavy atom. The molecule has 2 aromatic heterocycles. The Morgan fingerprint density at radius 1 is 1.31 bits per heavy atom. The SMILES string of the molecule is CN(C)c1ncc2ncn(C)c2n1. The molecule has 5 heteroatoms. The van der Waals surface area contributed by atoms with Gasteiger partial charge in [0, 0.05) is 21.1 Å². The van der Waals surface area contributed by atoms with Gasteiger partial charge < -0.3 is 9.47 Å². The quantitative estimate of drug-likeness (QED) is 0.633. The topological polar surface area (TPSA) is 46.8 Å². The lowest BCUT2D eigenvalue weighted by molar-refractivity contribution is 0.919. The van der Waals surface area contributed by atoms with Gasteiger partial charge >= 0.3 is 0 Å². The molecule has 0 aliphatic rings. The zero-order chi connectivity index (χ0) is 9.42.